The molecule has 2 aromatic rings. The first-order valence-corrected chi connectivity index (χ1v) is 7.28. The molecule has 0 nitrogen and oxygen atoms in total. The molecule has 0 aliphatic rings. The summed E-state index contributed by atoms with van der Waals surface area (Å²) in [6.45, 7) is 0. The van der Waals surface area contributed by atoms with Crippen LogP contribution in [0.3, 0.4) is 0 Å². The third-order valence-electron chi connectivity index (χ3n) is 2.50. The molecule has 2 rings (SSSR count). The highest BCUT2D eigenvalue weighted by Crippen LogP contribution is 2.40. The summed E-state index contributed by atoms with van der Waals surface area (Å²) in [5.41, 5.74) is 1.70. The van der Waals surface area contributed by atoms with Crippen LogP contribution in [0.25, 0.3) is 11.1 Å². The Balaban J connectivity index is 2.72. The average molecular weight is 368 g/mol. The first-order chi connectivity index (χ1) is 8.54. The second-order valence-electron chi connectivity index (χ2n) is 3.67. The van der Waals surface area contributed by atoms with Gasteiger partial charge >= 0.3 is 0 Å². The lowest BCUT2D eigenvalue weighted by molar-refractivity contribution is 0.631. The van der Waals surface area contributed by atoms with Crippen molar-refractivity contribution >= 4 is 50.7 Å². The van der Waals surface area contributed by atoms with Crippen LogP contribution < -0.4 is 0 Å². The van der Waals surface area contributed by atoms with E-state index in [0.29, 0.717) is 26.5 Å². The van der Waals surface area contributed by atoms with Gasteiger partial charge in [0.15, 0.2) is 0 Å². The molecular weight excluding hydrogens is 361 g/mol. The van der Waals surface area contributed by atoms with Crippen molar-refractivity contribution in [1.29, 1.82) is 0 Å². The molecule has 0 spiro atoms. The van der Waals surface area contributed by atoms with Crippen LogP contribution in [-0.4, -0.2) is 0 Å². The zero-order chi connectivity index (χ0) is 13.3. The summed E-state index contributed by atoms with van der Waals surface area (Å²) in [5, 5.41) is 1.60. The van der Waals surface area contributed by atoms with Crippen LogP contribution in [0.4, 0.5) is 4.39 Å². The quantitative estimate of drug-likeness (QED) is 0.428. The smallest absolute Gasteiger partial charge is 0.131 e. The first-order valence-electron chi connectivity index (χ1n) is 5.03. The van der Waals surface area contributed by atoms with Gasteiger partial charge in [0.2, 0.25) is 0 Å². The van der Waals surface area contributed by atoms with Gasteiger partial charge in [0.25, 0.3) is 0 Å². The van der Waals surface area contributed by atoms with Crippen LogP contribution >= 0.6 is 50.7 Å². The minimum absolute atomic E-state index is 0.259. The minimum atomic E-state index is -0.384. The Morgan fingerprint density at radius 1 is 1.00 bits per heavy atom. The van der Waals surface area contributed by atoms with Gasteiger partial charge in [-0.25, -0.2) is 4.39 Å². The normalized spacial score (nSPS) is 10.7. The van der Waals surface area contributed by atoms with Crippen LogP contribution in [0.2, 0.25) is 15.1 Å². The maximum atomic E-state index is 13.9. The molecule has 0 fully saturated rings. The predicted molar refractivity (Wildman–Crippen MR) is 79.5 cm³/mol. The zero-order valence-electron chi connectivity index (χ0n) is 8.98. The molecule has 0 unspecified atom stereocenters. The largest absolute Gasteiger partial charge is 0.206 e. The highest BCUT2D eigenvalue weighted by atomic mass is 79.9. The monoisotopic (exact) mass is 366 g/mol. The number of benzene rings is 2. The summed E-state index contributed by atoms with van der Waals surface area (Å²) < 4.78 is 13.9. The first kappa shape index (κ1) is 14.1. The second kappa shape index (κ2) is 5.79. The molecule has 2 aromatic carbocycles. The standard InChI is InChI=1S/C13H7BrCl3F/c14-6-7-1-4-11(18)8(5-7)12-9(15)2-3-10(16)13(12)17/h1-5H,6H2. The van der Waals surface area contributed by atoms with E-state index in [0.717, 1.165) is 5.56 Å². The molecule has 0 amide bonds. The molecule has 18 heavy (non-hydrogen) atoms. The van der Waals surface area contributed by atoms with Gasteiger partial charge in [-0.05, 0) is 29.8 Å². The molecule has 0 aliphatic heterocycles. The van der Waals surface area contributed by atoms with Gasteiger partial charge in [0.1, 0.15) is 5.82 Å². The highest BCUT2D eigenvalue weighted by molar-refractivity contribution is 9.08. The molecule has 0 radical (unpaired) electrons. The van der Waals surface area contributed by atoms with Crippen molar-refractivity contribution < 1.29 is 4.39 Å². The minimum Gasteiger partial charge on any atom is -0.206 e. The predicted octanol–water partition coefficient (Wildman–Crippen LogP) is 6.35. The van der Waals surface area contributed by atoms with E-state index in [4.69, 9.17) is 34.8 Å². The number of alkyl halides is 1. The summed E-state index contributed by atoms with van der Waals surface area (Å²) in [6.07, 6.45) is 0. The molecule has 0 N–H and O–H groups in total. The van der Waals surface area contributed by atoms with Crippen LogP contribution in [0, 0.1) is 5.82 Å². The van der Waals surface area contributed by atoms with Crippen molar-refractivity contribution in [2.75, 3.05) is 0 Å². The fraction of sp³-hybridized carbons (Fsp3) is 0.0769. The Morgan fingerprint density at radius 2 is 1.67 bits per heavy atom. The van der Waals surface area contributed by atoms with Gasteiger partial charge in [0, 0.05) is 16.5 Å². The summed E-state index contributed by atoms with van der Waals surface area (Å²) in [5.74, 6) is -0.384. The molecule has 0 saturated carbocycles. The van der Waals surface area contributed by atoms with Gasteiger partial charge in [-0.15, -0.1) is 0 Å². The summed E-state index contributed by atoms with van der Waals surface area (Å²) in [4.78, 5) is 0. The van der Waals surface area contributed by atoms with E-state index < -0.39 is 0 Å². The van der Waals surface area contributed by atoms with Crippen molar-refractivity contribution in [2.45, 2.75) is 5.33 Å². The van der Waals surface area contributed by atoms with Crippen LogP contribution in [0.5, 0.6) is 0 Å². The average Bonchev–Trinajstić information content (AvgIpc) is 2.36. The summed E-state index contributed by atoms with van der Waals surface area (Å²) >= 11 is 21.5. The number of hydrogen-bond donors (Lipinski definition) is 0. The van der Waals surface area contributed by atoms with Crippen molar-refractivity contribution in [1.82, 2.24) is 0 Å². The fourth-order valence-electron chi connectivity index (χ4n) is 1.62. The van der Waals surface area contributed by atoms with Crippen molar-refractivity contribution in [2.24, 2.45) is 0 Å². The van der Waals surface area contributed by atoms with Gasteiger partial charge in [-0.2, -0.15) is 0 Å². The zero-order valence-corrected chi connectivity index (χ0v) is 12.8. The van der Waals surface area contributed by atoms with Crippen molar-refractivity contribution in [3.8, 4) is 11.1 Å². The number of hydrogen-bond acceptors (Lipinski definition) is 0. The lowest BCUT2D eigenvalue weighted by atomic mass is 10.0. The Kier molecular flexibility index (Phi) is 4.54. The Hall–Kier alpha value is -0.280. The lowest BCUT2D eigenvalue weighted by Crippen LogP contribution is -1.90. The molecule has 0 atom stereocenters. The maximum Gasteiger partial charge on any atom is 0.131 e. The highest BCUT2D eigenvalue weighted by Gasteiger charge is 2.15. The van der Waals surface area contributed by atoms with Gasteiger partial charge in [-0.1, -0.05) is 56.8 Å². The Labute approximate surface area is 128 Å². The van der Waals surface area contributed by atoms with Crippen molar-refractivity contribution in [3.63, 3.8) is 0 Å². The van der Waals surface area contributed by atoms with Crippen LogP contribution in [-0.2, 0) is 5.33 Å². The molecule has 94 valence electrons. The Bertz CT molecular complexity index is 599. The molecule has 0 heterocycles. The van der Waals surface area contributed by atoms with E-state index >= 15 is 0 Å². The summed E-state index contributed by atoms with van der Waals surface area (Å²) in [7, 11) is 0. The van der Waals surface area contributed by atoms with E-state index in [1.165, 1.54) is 6.07 Å². The van der Waals surface area contributed by atoms with E-state index in [-0.39, 0.29) is 10.8 Å². The van der Waals surface area contributed by atoms with Crippen LogP contribution in [0.1, 0.15) is 5.56 Å². The van der Waals surface area contributed by atoms with E-state index in [2.05, 4.69) is 15.9 Å². The number of halogens is 5. The fourth-order valence-corrected chi connectivity index (χ4v) is 2.70. The molecule has 5 heteroatoms. The molecular formula is C13H7BrCl3F. The maximum absolute atomic E-state index is 13.9. The topological polar surface area (TPSA) is 0 Å². The SMILES string of the molecule is Fc1ccc(CBr)cc1-c1c(Cl)ccc(Cl)c1Cl. The third kappa shape index (κ3) is 2.67. The second-order valence-corrected chi connectivity index (χ2v) is 5.42. The molecule has 0 bridgehead atoms. The van der Waals surface area contributed by atoms with Gasteiger partial charge in [0.05, 0.1) is 15.1 Å². The number of rotatable bonds is 2. The van der Waals surface area contributed by atoms with E-state index in [9.17, 15) is 4.39 Å². The molecule has 0 aliphatic carbocycles. The van der Waals surface area contributed by atoms with Crippen LogP contribution in [0.15, 0.2) is 30.3 Å². The van der Waals surface area contributed by atoms with E-state index in [1.54, 1.807) is 24.3 Å². The van der Waals surface area contributed by atoms with E-state index in [1.807, 2.05) is 0 Å². The third-order valence-corrected chi connectivity index (χ3v) is 4.27. The Morgan fingerprint density at radius 3 is 2.33 bits per heavy atom. The van der Waals surface area contributed by atoms with Gasteiger partial charge in [-0.3, -0.25) is 0 Å². The molecule has 0 aromatic heterocycles. The van der Waals surface area contributed by atoms with Crippen molar-refractivity contribution in [3.05, 3.63) is 56.8 Å². The lowest BCUT2D eigenvalue weighted by Gasteiger charge is -2.11. The van der Waals surface area contributed by atoms with Gasteiger partial charge < -0.3 is 0 Å². The summed E-state index contributed by atoms with van der Waals surface area (Å²) in [6, 6.07) is 7.97. The molecule has 0 saturated heterocycles.